The molecular weight excluding hydrogens is 523 g/mol. The highest BCUT2D eigenvalue weighted by Crippen LogP contribution is 2.33. The van der Waals surface area contributed by atoms with Crippen LogP contribution in [0.2, 0.25) is 0 Å². The van der Waals surface area contributed by atoms with Gasteiger partial charge in [-0.15, -0.1) is 0 Å². The largest absolute Gasteiger partial charge is 0.466 e. The molecule has 1 aliphatic rings. The predicted octanol–water partition coefficient (Wildman–Crippen LogP) is 5.60. The molecule has 0 bridgehead atoms. The first-order valence-corrected chi connectivity index (χ1v) is 13.1. The zero-order valence-electron chi connectivity index (χ0n) is 22.5. The molecule has 40 heavy (non-hydrogen) atoms. The van der Waals surface area contributed by atoms with Crippen LogP contribution < -0.4 is 9.64 Å². The fourth-order valence-corrected chi connectivity index (χ4v) is 5.20. The predicted molar refractivity (Wildman–Crippen MR) is 143 cm³/mol. The number of pyridine rings is 1. The lowest BCUT2D eigenvalue weighted by Crippen LogP contribution is -2.47. The number of rotatable bonds is 8. The van der Waals surface area contributed by atoms with Crippen LogP contribution in [0.1, 0.15) is 43.6 Å². The minimum absolute atomic E-state index is 0.0786. The summed E-state index contributed by atoms with van der Waals surface area (Å²) in [6, 6.07) is 7.90. The number of alkyl halides is 2. The number of fused-ring (bicyclic) bond motifs is 1. The number of hydrogen-bond acceptors (Lipinski definition) is 7. The number of ether oxygens (including phenoxy) is 2. The van der Waals surface area contributed by atoms with E-state index in [2.05, 4.69) is 19.7 Å². The van der Waals surface area contributed by atoms with Crippen LogP contribution in [0.5, 0.6) is 5.75 Å². The summed E-state index contributed by atoms with van der Waals surface area (Å²) in [7, 11) is 0. The van der Waals surface area contributed by atoms with Gasteiger partial charge in [-0.05, 0) is 39.7 Å². The molecule has 0 radical (unpaired) electrons. The number of aromatic nitrogens is 4. The van der Waals surface area contributed by atoms with Crippen molar-refractivity contribution >= 4 is 17.6 Å². The maximum atomic E-state index is 15.2. The molecule has 0 N–H and O–H groups in total. The topological polar surface area (TPSA) is 81.9 Å². The number of para-hydroxylation sites is 1. The lowest BCUT2D eigenvalue weighted by Gasteiger charge is -2.38. The Morgan fingerprint density at radius 3 is 2.67 bits per heavy atom. The van der Waals surface area contributed by atoms with Crippen LogP contribution in [0.4, 0.5) is 19.1 Å². The third-order valence-electron chi connectivity index (χ3n) is 7.25. The van der Waals surface area contributed by atoms with Gasteiger partial charge in [0.05, 0.1) is 17.7 Å². The van der Waals surface area contributed by atoms with Crippen LogP contribution in [0.3, 0.4) is 0 Å². The highest BCUT2D eigenvalue weighted by Gasteiger charge is 2.40. The SMILES string of the molecule is CCOC(=O)C1(C)CCCN(c2ncc(-c3cn4c(Cc5ccccc5OC(F)F)c(C)nc4cc3F)cn2)C1. The van der Waals surface area contributed by atoms with Gasteiger partial charge in [-0.3, -0.25) is 4.79 Å². The highest BCUT2D eigenvalue weighted by atomic mass is 19.3. The molecule has 0 saturated carbocycles. The Bertz CT molecular complexity index is 1530. The first-order valence-electron chi connectivity index (χ1n) is 13.1. The number of hydrogen-bond donors (Lipinski definition) is 0. The number of carbonyl (C=O) groups is 1. The first-order chi connectivity index (χ1) is 19.2. The Morgan fingerprint density at radius 1 is 1.20 bits per heavy atom. The van der Waals surface area contributed by atoms with Gasteiger partial charge in [-0.2, -0.15) is 8.78 Å². The lowest BCUT2D eigenvalue weighted by molar-refractivity contribution is -0.154. The molecule has 1 aliphatic heterocycles. The molecule has 1 saturated heterocycles. The first kappa shape index (κ1) is 27.4. The van der Waals surface area contributed by atoms with Crippen molar-refractivity contribution in [2.24, 2.45) is 5.41 Å². The molecule has 0 spiro atoms. The smallest absolute Gasteiger partial charge is 0.387 e. The van der Waals surface area contributed by atoms with Crippen LogP contribution in [-0.2, 0) is 16.0 Å². The maximum absolute atomic E-state index is 15.2. The van der Waals surface area contributed by atoms with Crippen LogP contribution in [0.15, 0.2) is 48.9 Å². The zero-order valence-corrected chi connectivity index (χ0v) is 22.5. The fourth-order valence-electron chi connectivity index (χ4n) is 5.20. The third kappa shape index (κ3) is 5.45. The molecule has 8 nitrogen and oxygen atoms in total. The van der Waals surface area contributed by atoms with Gasteiger partial charge in [0.1, 0.15) is 17.2 Å². The number of aryl methyl sites for hydroxylation is 1. The average Bonchev–Trinajstić information content (AvgIpc) is 3.22. The summed E-state index contributed by atoms with van der Waals surface area (Å²) in [6.07, 6.45) is 6.49. The van der Waals surface area contributed by atoms with Gasteiger partial charge in [0.2, 0.25) is 5.95 Å². The number of carbonyl (C=O) groups excluding carboxylic acids is 1. The van der Waals surface area contributed by atoms with Gasteiger partial charge in [0, 0.05) is 66.6 Å². The second-order valence-corrected chi connectivity index (χ2v) is 10.1. The number of benzene rings is 1. The second kappa shape index (κ2) is 11.1. The van der Waals surface area contributed by atoms with Crippen molar-refractivity contribution < 1.29 is 27.4 Å². The summed E-state index contributed by atoms with van der Waals surface area (Å²) in [5, 5.41) is 0. The van der Waals surface area contributed by atoms with Crippen molar-refractivity contribution in [3.8, 4) is 16.9 Å². The van der Waals surface area contributed by atoms with Gasteiger partial charge in [-0.25, -0.2) is 19.3 Å². The summed E-state index contributed by atoms with van der Waals surface area (Å²) in [5.41, 5.74) is 2.39. The highest BCUT2D eigenvalue weighted by molar-refractivity contribution is 5.77. The molecule has 210 valence electrons. The molecule has 0 amide bonds. The molecule has 4 aromatic rings. The van der Waals surface area contributed by atoms with Crippen molar-refractivity contribution in [2.45, 2.75) is 46.6 Å². The van der Waals surface area contributed by atoms with Gasteiger partial charge >= 0.3 is 12.6 Å². The minimum atomic E-state index is -2.95. The van der Waals surface area contributed by atoms with Gasteiger partial charge in [-0.1, -0.05) is 18.2 Å². The molecule has 3 aromatic heterocycles. The van der Waals surface area contributed by atoms with Crippen molar-refractivity contribution in [3.05, 3.63) is 71.7 Å². The molecule has 1 fully saturated rings. The number of anilines is 1. The molecule has 5 rings (SSSR count). The Balaban J connectivity index is 1.43. The normalized spacial score (nSPS) is 17.4. The van der Waals surface area contributed by atoms with Crippen molar-refractivity contribution in [3.63, 3.8) is 0 Å². The lowest BCUT2D eigenvalue weighted by atomic mass is 9.82. The Kier molecular flexibility index (Phi) is 7.64. The fraction of sp³-hybridized carbons (Fsp3) is 0.379. The summed E-state index contributed by atoms with van der Waals surface area (Å²) >= 11 is 0. The summed E-state index contributed by atoms with van der Waals surface area (Å²) in [4.78, 5) is 27.9. The Labute approximate surface area is 229 Å². The van der Waals surface area contributed by atoms with E-state index < -0.39 is 17.8 Å². The molecule has 1 aromatic carbocycles. The van der Waals surface area contributed by atoms with E-state index in [9.17, 15) is 13.6 Å². The Morgan fingerprint density at radius 2 is 1.95 bits per heavy atom. The summed E-state index contributed by atoms with van der Waals surface area (Å²) in [6.45, 7) is 3.97. The van der Waals surface area contributed by atoms with E-state index in [4.69, 9.17) is 4.74 Å². The van der Waals surface area contributed by atoms with Gasteiger partial charge in [0.25, 0.3) is 0 Å². The van der Waals surface area contributed by atoms with E-state index in [0.717, 1.165) is 12.8 Å². The van der Waals surface area contributed by atoms with E-state index in [1.54, 1.807) is 55.0 Å². The molecule has 4 heterocycles. The maximum Gasteiger partial charge on any atom is 0.387 e. The van der Waals surface area contributed by atoms with Crippen molar-refractivity contribution in [1.82, 2.24) is 19.4 Å². The number of piperidine rings is 1. The molecule has 0 aliphatic carbocycles. The van der Waals surface area contributed by atoms with E-state index in [1.807, 2.05) is 11.8 Å². The third-order valence-corrected chi connectivity index (χ3v) is 7.25. The number of nitrogens with zero attached hydrogens (tertiary/aromatic N) is 5. The van der Waals surface area contributed by atoms with Crippen LogP contribution >= 0.6 is 0 Å². The average molecular weight is 554 g/mol. The summed E-state index contributed by atoms with van der Waals surface area (Å²) < 4.78 is 52.8. The summed E-state index contributed by atoms with van der Waals surface area (Å²) in [5.74, 6) is -0.193. The van der Waals surface area contributed by atoms with Crippen LogP contribution in [-0.4, -0.2) is 51.6 Å². The Hall–Kier alpha value is -4.15. The van der Waals surface area contributed by atoms with E-state index in [0.29, 0.717) is 53.8 Å². The number of esters is 1. The van der Waals surface area contributed by atoms with E-state index >= 15 is 4.39 Å². The standard InChI is InChI=1S/C29H30F3N5O3/c1-4-39-26(38)29(3)10-7-11-36(17-29)28-33-14-20(15-34-28)21-16-37-23(18(2)35-25(37)13-22(21)30)12-19-8-5-6-9-24(19)40-27(31)32/h5-6,8-9,13-16,27H,4,7,10-12,17H2,1-3H3. The van der Waals surface area contributed by atoms with Crippen molar-refractivity contribution in [2.75, 3.05) is 24.6 Å². The van der Waals surface area contributed by atoms with Gasteiger partial charge in [0.15, 0.2) is 0 Å². The second-order valence-electron chi connectivity index (χ2n) is 10.1. The zero-order chi connectivity index (χ0) is 28.4. The monoisotopic (exact) mass is 553 g/mol. The van der Waals surface area contributed by atoms with Crippen LogP contribution in [0, 0.1) is 18.2 Å². The van der Waals surface area contributed by atoms with Gasteiger partial charge < -0.3 is 18.8 Å². The van der Waals surface area contributed by atoms with E-state index in [1.165, 1.54) is 12.1 Å². The number of imidazole rings is 1. The van der Waals surface area contributed by atoms with Crippen molar-refractivity contribution in [1.29, 1.82) is 0 Å². The van der Waals surface area contributed by atoms with Crippen LogP contribution in [0.25, 0.3) is 16.8 Å². The minimum Gasteiger partial charge on any atom is -0.466 e. The molecule has 1 atom stereocenters. The van der Waals surface area contributed by atoms with E-state index in [-0.39, 0.29) is 23.7 Å². The molecule has 1 unspecified atom stereocenters. The quantitative estimate of drug-likeness (QED) is 0.263. The number of halogens is 3. The molecular formula is C29H30F3N5O3. The molecule has 11 heteroatoms.